The largest absolute Gasteiger partial charge is 0.449 e. The third kappa shape index (κ3) is 3.47. The highest BCUT2D eigenvalue weighted by atomic mass is 16.6. The number of nitrogens with zero attached hydrogens (tertiary/aromatic N) is 1. The number of carbonyl (C=O) groups is 1. The first-order chi connectivity index (χ1) is 6.70. The third-order valence-electron chi connectivity index (χ3n) is 1.82. The number of benzene rings is 1. The molecule has 1 rings (SSSR count). The topological polar surface area (TPSA) is 29.5 Å². The van der Waals surface area contributed by atoms with Crippen LogP contribution in [-0.4, -0.2) is 31.7 Å². The van der Waals surface area contributed by atoms with Crippen LogP contribution in [0.2, 0.25) is 0 Å². The zero-order valence-electron chi connectivity index (χ0n) is 8.56. The summed E-state index contributed by atoms with van der Waals surface area (Å²) in [5, 5.41) is 0. The summed E-state index contributed by atoms with van der Waals surface area (Å²) < 4.78 is 4.99. The second-order valence-corrected chi connectivity index (χ2v) is 3.24. The van der Waals surface area contributed by atoms with Crippen molar-refractivity contribution in [1.29, 1.82) is 0 Å². The summed E-state index contributed by atoms with van der Waals surface area (Å²) in [7, 11) is 3.34. The van der Waals surface area contributed by atoms with Gasteiger partial charge in [-0.25, -0.2) is 4.79 Å². The van der Waals surface area contributed by atoms with Crippen molar-refractivity contribution in [2.24, 2.45) is 0 Å². The molecule has 3 heteroatoms. The minimum Gasteiger partial charge on any atom is -0.449 e. The van der Waals surface area contributed by atoms with Gasteiger partial charge in [0.25, 0.3) is 0 Å². The van der Waals surface area contributed by atoms with E-state index in [1.54, 1.807) is 14.1 Å². The quantitative estimate of drug-likeness (QED) is 0.734. The molecule has 0 spiro atoms. The predicted octanol–water partition coefficient (Wildman–Crippen LogP) is 1.93. The van der Waals surface area contributed by atoms with Crippen LogP contribution in [0.4, 0.5) is 4.79 Å². The standard InChI is InChI=1S/C11H15NO2/c1-12(2)11(13)14-9-8-10-6-4-3-5-7-10/h3-7H,8-9H2,1-2H3. The molecule has 0 atom stereocenters. The van der Waals surface area contributed by atoms with E-state index >= 15 is 0 Å². The Hall–Kier alpha value is -1.51. The van der Waals surface area contributed by atoms with Crippen molar-refractivity contribution >= 4 is 6.09 Å². The van der Waals surface area contributed by atoms with Crippen LogP contribution >= 0.6 is 0 Å². The molecule has 1 amide bonds. The molecule has 0 aliphatic heterocycles. The van der Waals surface area contributed by atoms with Crippen LogP contribution in [0.25, 0.3) is 0 Å². The van der Waals surface area contributed by atoms with E-state index in [4.69, 9.17) is 4.74 Å². The molecular formula is C11H15NO2. The van der Waals surface area contributed by atoms with Crippen LogP contribution in [0.15, 0.2) is 30.3 Å². The molecule has 0 saturated heterocycles. The summed E-state index contributed by atoms with van der Waals surface area (Å²) in [5.41, 5.74) is 1.18. The molecule has 0 N–H and O–H groups in total. The van der Waals surface area contributed by atoms with Crippen molar-refractivity contribution in [3.8, 4) is 0 Å². The Bertz CT molecular complexity index is 283. The molecule has 1 aromatic rings. The van der Waals surface area contributed by atoms with Crippen LogP contribution in [0, 0.1) is 0 Å². The van der Waals surface area contributed by atoms with Gasteiger partial charge in [0.1, 0.15) is 0 Å². The Morgan fingerprint density at radius 1 is 1.29 bits per heavy atom. The Labute approximate surface area is 84.3 Å². The Morgan fingerprint density at radius 2 is 1.93 bits per heavy atom. The SMILES string of the molecule is CN(C)C(=O)OCCc1ccccc1. The summed E-state index contributed by atoms with van der Waals surface area (Å²) >= 11 is 0. The smallest absolute Gasteiger partial charge is 0.409 e. The number of hydrogen-bond acceptors (Lipinski definition) is 2. The first kappa shape index (κ1) is 10.6. The second-order valence-electron chi connectivity index (χ2n) is 3.24. The molecule has 0 unspecified atom stereocenters. The molecule has 3 nitrogen and oxygen atoms in total. The molecule has 0 heterocycles. The summed E-state index contributed by atoms with van der Waals surface area (Å²) in [4.78, 5) is 12.5. The fourth-order valence-corrected chi connectivity index (χ4v) is 1.03. The molecule has 0 radical (unpaired) electrons. The summed E-state index contributed by atoms with van der Waals surface area (Å²) in [6.45, 7) is 0.432. The minimum absolute atomic E-state index is 0.291. The van der Waals surface area contributed by atoms with Crippen molar-refractivity contribution in [1.82, 2.24) is 4.90 Å². The fraction of sp³-hybridized carbons (Fsp3) is 0.364. The van der Waals surface area contributed by atoms with Gasteiger partial charge >= 0.3 is 6.09 Å². The van der Waals surface area contributed by atoms with Gasteiger partial charge < -0.3 is 9.64 Å². The minimum atomic E-state index is -0.291. The van der Waals surface area contributed by atoms with Crippen molar-refractivity contribution in [2.75, 3.05) is 20.7 Å². The molecule has 0 saturated carbocycles. The molecule has 0 aliphatic rings. The van der Waals surface area contributed by atoms with Crippen molar-refractivity contribution in [3.63, 3.8) is 0 Å². The number of ether oxygens (including phenoxy) is 1. The van der Waals surface area contributed by atoms with E-state index in [0.29, 0.717) is 6.61 Å². The maximum absolute atomic E-state index is 11.0. The average Bonchev–Trinajstić information content (AvgIpc) is 2.19. The highest BCUT2D eigenvalue weighted by molar-refractivity contribution is 5.66. The van der Waals surface area contributed by atoms with Crippen LogP contribution in [0.5, 0.6) is 0 Å². The van der Waals surface area contributed by atoms with E-state index in [9.17, 15) is 4.79 Å². The third-order valence-corrected chi connectivity index (χ3v) is 1.82. The molecular weight excluding hydrogens is 178 g/mol. The highest BCUT2D eigenvalue weighted by Gasteiger charge is 2.03. The van der Waals surface area contributed by atoms with Crippen LogP contribution in [-0.2, 0) is 11.2 Å². The molecule has 0 bridgehead atoms. The van der Waals surface area contributed by atoms with Gasteiger partial charge in [-0.05, 0) is 5.56 Å². The van der Waals surface area contributed by atoms with E-state index in [-0.39, 0.29) is 6.09 Å². The Morgan fingerprint density at radius 3 is 2.50 bits per heavy atom. The van der Waals surface area contributed by atoms with E-state index < -0.39 is 0 Å². The zero-order chi connectivity index (χ0) is 10.4. The van der Waals surface area contributed by atoms with Gasteiger partial charge in [0.05, 0.1) is 6.61 Å². The van der Waals surface area contributed by atoms with Gasteiger partial charge in [-0.2, -0.15) is 0 Å². The molecule has 76 valence electrons. The maximum atomic E-state index is 11.0. The Kier molecular flexibility index (Phi) is 3.98. The first-order valence-corrected chi connectivity index (χ1v) is 4.58. The number of carbonyl (C=O) groups excluding carboxylic acids is 1. The van der Waals surface area contributed by atoms with Gasteiger partial charge in [-0.1, -0.05) is 30.3 Å². The van der Waals surface area contributed by atoms with E-state index in [1.807, 2.05) is 30.3 Å². The normalized spacial score (nSPS) is 9.57. The molecule has 1 aromatic carbocycles. The second kappa shape index (κ2) is 5.27. The lowest BCUT2D eigenvalue weighted by atomic mass is 10.2. The highest BCUT2D eigenvalue weighted by Crippen LogP contribution is 2.00. The van der Waals surface area contributed by atoms with Gasteiger partial charge in [0.15, 0.2) is 0 Å². The average molecular weight is 193 g/mol. The fourth-order valence-electron chi connectivity index (χ4n) is 1.03. The van der Waals surface area contributed by atoms with E-state index in [1.165, 1.54) is 10.5 Å². The van der Waals surface area contributed by atoms with Gasteiger partial charge in [-0.3, -0.25) is 0 Å². The first-order valence-electron chi connectivity index (χ1n) is 4.58. The Balaban J connectivity index is 2.26. The van der Waals surface area contributed by atoms with Crippen molar-refractivity contribution in [2.45, 2.75) is 6.42 Å². The predicted molar refractivity (Wildman–Crippen MR) is 55.2 cm³/mol. The van der Waals surface area contributed by atoms with Crippen LogP contribution in [0.3, 0.4) is 0 Å². The summed E-state index contributed by atoms with van der Waals surface area (Å²) in [6, 6.07) is 9.95. The number of hydrogen-bond donors (Lipinski definition) is 0. The lowest BCUT2D eigenvalue weighted by molar-refractivity contribution is 0.119. The van der Waals surface area contributed by atoms with Crippen LogP contribution in [0.1, 0.15) is 5.56 Å². The molecule has 0 aromatic heterocycles. The summed E-state index contributed by atoms with van der Waals surface area (Å²) in [5.74, 6) is 0. The van der Waals surface area contributed by atoms with Crippen molar-refractivity contribution < 1.29 is 9.53 Å². The van der Waals surface area contributed by atoms with Gasteiger partial charge in [0.2, 0.25) is 0 Å². The molecule has 0 fully saturated rings. The van der Waals surface area contributed by atoms with E-state index in [0.717, 1.165) is 6.42 Å². The maximum Gasteiger partial charge on any atom is 0.409 e. The molecule has 0 aliphatic carbocycles. The van der Waals surface area contributed by atoms with Gasteiger partial charge in [0, 0.05) is 20.5 Å². The lowest BCUT2D eigenvalue weighted by Gasteiger charge is -2.10. The van der Waals surface area contributed by atoms with Gasteiger partial charge in [-0.15, -0.1) is 0 Å². The zero-order valence-corrected chi connectivity index (χ0v) is 8.56. The monoisotopic (exact) mass is 193 g/mol. The lowest BCUT2D eigenvalue weighted by Crippen LogP contribution is -2.23. The van der Waals surface area contributed by atoms with Crippen molar-refractivity contribution in [3.05, 3.63) is 35.9 Å². The van der Waals surface area contributed by atoms with E-state index in [2.05, 4.69) is 0 Å². The van der Waals surface area contributed by atoms with Crippen LogP contribution < -0.4 is 0 Å². The molecule has 14 heavy (non-hydrogen) atoms. The number of rotatable bonds is 3. The number of amides is 1. The summed E-state index contributed by atoms with van der Waals surface area (Å²) in [6.07, 6.45) is 0.474.